The summed E-state index contributed by atoms with van der Waals surface area (Å²) in [4.78, 5) is 16.7. The van der Waals surface area contributed by atoms with Gasteiger partial charge in [0, 0.05) is 22.9 Å². The van der Waals surface area contributed by atoms with Crippen LogP contribution in [0.15, 0.2) is 68.5 Å². The molecular formula is C16H9BrN2O2. The van der Waals surface area contributed by atoms with Crippen LogP contribution in [-0.4, -0.2) is 9.38 Å². The number of fused-ring (bicyclic) bond motifs is 2. The molecule has 0 bridgehead atoms. The maximum atomic E-state index is 12.2. The number of imidazole rings is 1. The molecule has 3 aromatic heterocycles. The highest BCUT2D eigenvalue weighted by Crippen LogP contribution is 2.23. The zero-order valence-corrected chi connectivity index (χ0v) is 12.4. The Bertz CT molecular complexity index is 1000. The van der Waals surface area contributed by atoms with Crippen LogP contribution in [0.25, 0.3) is 28.1 Å². The van der Waals surface area contributed by atoms with E-state index in [0.717, 1.165) is 10.1 Å². The van der Waals surface area contributed by atoms with E-state index < -0.39 is 0 Å². The maximum absolute atomic E-state index is 12.2. The molecule has 4 rings (SSSR count). The fourth-order valence-corrected chi connectivity index (χ4v) is 2.67. The molecule has 1 aromatic carbocycles. The average Bonchev–Trinajstić information content (AvgIpc) is 2.92. The summed E-state index contributed by atoms with van der Waals surface area (Å²) in [5, 5.41) is 0.553. The summed E-state index contributed by atoms with van der Waals surface area (Å²) in [5.41, 5.74) is 1.93. The van der Waals surface area contributed by atoms with Crippen molar-refractivity contribution in [2.24, 2.45) is 0 Å². The van der Waals surface area contributed by atoms with Crippen LogP contribution in [0, 0.1) is 0 Å². The SMILES string of the molecule is O=c1cc(-c2cn3ccccc3n2)oc2ccc(Br)cc12. The highest BCUT2D eigenvalue weighted by atomic mass is 79.9. The number of hydrogen-bond acceptors (Lipinski definition) is 3. The van der Waals surface area contributed by atoms with Gasteiger partial charge in [-0.15, -0.1) is 0 Å². The van der Waals surface area contributed by atoms with E-state index in [4.69, 9.17) is 4.42 Å². The topological polar surface area (TPSA) is 47.5 Å². The summed E-state index contributed by atoms with van der Waals surface area (Å²) in [6, 6.07) is 12.6. The van der Waals surface area contributed by atoms with Gasteiger partial charge in [0.1, 0.15) is 16.9 Å². The van der Waals surface area contributed by atoms with E-state index in [2.05, 4.69) is 20.9 Å². The first kappa shape index (κ1) is 12.3. The van der Waals surface area contributed by atoms with Crippen molar-refractivity contribution < 1.29 is 4.42 Å². The zero-order chi connectivity index (χ0) is 14.4. The van der Waals surface area contributed by atoms with E-state index >= 15 is 0 Å². The fourth-order valence-electron chi connectivity index (χ4n) is 2.31. The molecule has 102 valence electrons. The third-order valence-electron chi connectivity index (χ3n) is 3.31. The Morgan fingerprint density at radius 3 is 2.90 bits per heavy atom. The molecule has 5 heteroatoms. The summed E-state index contributed by atoms with van der Waals surface area (Å²) in [7, 11) is 0. The lowest BCUT2D eigenvalue weighted by Gasteiger charge is -2.00. The average molecular weight is 341 g/mol. The second-order valence-corrected chi connectivity index (χ2v) is 5.62. The molecule has 4 nitrogen and oxygen atoms in total. The lowest BCUT2D eigenvalue weighted by molar-refractivity contribution is 0.616. The molecule has 0 saturated heterocycles. The van der Waals surface area contributed by atoms with Gasteiger partial charge in [0.25, 0.3) is 0 Å². The van der Waals surface area contributed by atoms with Gasteiger partial charge in [0.15, 0.2) is 11.2 Å². The lowest BCUT2D eigenvalue weighted by Crippen LogP contribution is -2.00. The number of rotatable bonds is 1. The van der Waals surface area contributed by atoms with Crippen molar-refractivity contribution in [1.82, 2.24) is 9.38 Å². The van der Waals surface area contributed by atoms with Crippen LogP contribution >= 0.6 is 15.9 Å². The Balaban J connectivity index is 1.98. The largest absolute Gasteiger partial charge is 0.454 e. The van der Waals surface area contributed by atoms with Gasteiger partial charge in [-0.05, 0) is 30.3 Å². The minimum atomic E-state index is -0.0791. The first-order chi connectivity index (χ1) is 10.2. The van der Waals surface area contributed by atoms with Crippen molar-refractivity contribution >= 4 is 32.5 Å². The molecule has 0 fully saturated rings. The van der Waals surface area contributed by atoms with Crippen LogP contribution in [0.3, 0.4) is 0 Å². The fraction of sp³-hybridized carbons (Fsp3) is 0. The van der Waals surface area contributed by atoms with Crippen LogP contribution in [0.1, 0.15) is 0 Å². The number of aromatic nitrogens is 2. The molecule has 0 saturated carbocycles. The predicted octanol–water partition coefficient (Wildman–Crippen LogP) is 3.87. The van der Waals surface area contributed by atoms with E-state index in [0.29, 0.717) is 22.4 Å². The van der Waals surface area contributed by atoms with E-state index in [-0.39, 0.29) is 5.43 Å². The van der Waals surface area contributed by atoms with E-state index in [9.17, 15) is 4.79 Å². The molecule has 4 aromatic rings. The van der Waals surface area contributed by atoms with Crippen molar-refractivity contribution in [3.05, 3.63) is 69.6 Å². The van der Waals surface area contributed by atoms with Crippen molar-refractivity contribution in [1.29, 1.82) is 0 Å². The summed E-state index contributed by atoms with van der Waals surface area (Å²) in [5.74, 6) is 0.471. The van der Waals surface area contributed by atoms with Gasteiger partial charge >= 0.3 is 0 Å². The summed E-state index contributed by atoms with van der Waals surface area (Å²) < 4.78 is 8.56. The molecule has 0 aliphatic heterocycles. The molecule has 0 aliphatic carbocycles. The first-order valence-corrected chi connectivity index (χ1v) is 7.17. The Labute approximate surface area is 127 Å². The first-order valence-electron chi connectivity index (χ1n) is 6.38. The molecular weight excluding hydrogens is 332 g/mol. The zero-order valence-electron chi connectivity index (χ0n) is 10.8. The molecule has 3 heterocycles. The molecule has 0 radical (unpaired) electrons. The van der Waals surface area contributed by atoms with Crippen LogP contribution in [0.2, 0.25) is 0 Å². The minimum absolute atomic E-state index is 0.0791. The molecule has 0 aliphatic rings. The van der Waals surface area contributed by atoms with Crippen LogP contribution in [0.4, 0.5) is 0 Å². The second kappa shape index (κ2) is 4.56. The number of halogens is 1. The maximum Gasteiger partial charge on any atom is 0.193 e. The third kappa shape index (κ3) is 2.06. The predicted molar refractivity (Wildman–Crippen MR) is 84.4 cm³/mol. The van der Waals surface area contributed by atoms with Crippen LogP contribution in [-0.2, 0) is 0 Å². The highest BCUT2D eigenvalue weighted by Gasteiger charge is 2.10. The molecule has 0 N–H and O–H groups in total. The van der Waals surface area contributed by atoms with Crippen molar-refractivity contribution in [3.8, 4) is 11.5 Å². The smallest absolute Gasteiger partial charge is 0.193 e. The van der Waals surface area contributed by atoms with E-state index in [1.807, 2.05) is 41.1 Å². The number of nitrogens with zero attached hydrogens (tertiary/aromatic N) is 2. The van der Waals surface area contributed by atoms with Crippen molar-refractivity contribution in [2.45, 2.75) is 0 Å². The summed E-state index contributed by atoms with van der Waals surface area (Å²) >= 11 is 3.36. The Hall–Kier alpha value is -2.40. The summed E-state index contributed by atoms with van der Waals surface area (Å²) in [6.45, 7) is 0. The monoisotopic (exact) mass is 340 g/mol. The van der Waals surface area contributed by atoms with Gasteiger partial charge < -0.3 is 8.82 Å². The van der Waals surface area contributed by atoms with Gasteiger partial charge in [-0.25, -0.2) is 4.98 Å². The molecule has 21 heavy (non-hydrogen) atoms. The van der Waals surface area contributed by atoms with E-state index in [1.54, 1.807) is 12.1 Å². The number of hydrogen-bond donors (Lipinski definition) is 0. The van der Waals surface area contributed by atoms with Crippen molar-refractivity contribution in [3.63, 3.8) is 0 Å². The number of benzene rings is 1. The minimum Gasteiger partial charge on any atom is -0.454 e. The quantitative estimate of drug-likeness (QED) is 0.528. The summed E-state index contributed by atoms with van der Waals surface area (Å²) in [6.07, 6.45) is 3.75. The highest BCUT2D eigenvalue weighted by molar-refractivity contribution is 9.10. The van der Waals surface area contributed by atoms with Crippen LogP contribution < -0.4 is 5.43 Å². The van der Waals surface area contributed by atoms with Gasteiger partial charge in [-0.3, -0.25) is 4.79 Å². The molecule has 0 atom stereocenters. The van der Waals surface area contributed by atoms with Gasteiger partial charge in [0.05, 0.1) is 5.39 Å². The van der Waals surface area contributed by atoms with Gasteiger partial charge in [0.2, 0.25) is 0 Å². The second-order valence-electron chi connectivity index (χ2n) is 4.71. The van der Waals surface area contributed by atoms with Gasteiger partial charge in [-0.1, -0.05) is 22.0 Å². The Morgan fingerprint density at radius 1 is 1.14 bits per heavy atom. The lowest BCUT2D eigenvalue weighted by atomic mass is 10.2. The van der Waals surface area contributed by atoms with Gasteiger partial charge in [-0.2, -0.15) is 0 Å². The third-order valence-corrected chi connectivity index (χ3v) is 3.80. The molecule has 0 spiro atoms. The Morgan fingerprint density at radius 2 is 2.05 bits per heavy atom. The standard InChI is InChI=1S/C16H9BrN2O2/c17-10-4-5-14-11(7-10)13(20)8-15(21-14)12-9-19-6-2-1-3-16(19)18-12/h1-9H. The molecule has 0 amide bonds. The normalized spacial score (nSPS) is 11.3. The Kier molecular flexibility index (Phi) is 2.68. The van der Waals surface area contributed by atoms with Crippen LogP contribution in [0.5, 0.6) is 0 Å². The van der Waals surface area contributed by atoms with E-state index in [1.165, 1.54) is 6.07 Å². The number of pyridine rings is 1. The molecule has 0 unspecified atom stereocenters. The van der Waals surface area contributed by atoms with Crippen molar-refractivity contribution in [2.75, 3.05) is 0 Å².